The normalized spacial score (nSPS) is 13.6. The van der Waals surface area contributed by atoms with Crippen molar-refractivity contribution in [3.05, 3.63) is 57.1 Å². The minimum absolute atomic E-state index is 0.0877. The van der Waals surface area contributed by atoms with Gasteiger partial charge in [0.25, 0.3) is 17.4 Å². The number of fused-ring (bicyclic) bond motifs is 1. The zero-order valence-corrected chi connectivity index (χ0v) is 11.9. The lowest BCUT2D eigenvalue weighted by molar-refractivity contribution is 0.0656. The second-order valence-corrected chi connectivity index (χ2v) is 5.07. The first kappa shape index (κ1) is 14.0. The summed E-state index contributed by atoms with van der Waals surface area (Å²) in [6.45, 7) is 1.72. The van der Waals surface area contributed by atoms with Gasteiger partial charge in [0, 0.05) is 6.54 Å². The summed E-state index contributed by atoms with van der Waals surface area (Å²) in [6.07, 6.45) is 0.167. The summed E-state index contributed by atoms with van der Waals surface area (Å²) in [7, 11) is 0. The van der Waals surface area contributed by atoms with Crippen molar-refractivity contribution in [1.82, 2.24) is 14.9 Å². The van der Waals surface area contributed by atoms with Crippen LogP contribution in [0.1, 0.15) is 32.1 Å². The molecule has 0 fully saturated rings. The lowest BCUT2D eigenvalue weighted by Crippen LogP contribution is -2.33. The number of amides is 2. The van der Waals surface area contributed by atoms with Gasteiger partial charge >= 0.3 is 0 Å². The smallest absolute Gasteiger partial charge is 0.261 e. The third-order valence-electron chi connectivity index (χ3n) is 3.63. The van der Waals surface area contributed by atoms with E-state index >= 15 is 0 Å². The molecule has 7 heteroatoms. The topological polar surface area (TPSA) is 109 Å². The third kappa shape index (κ3) is 2.16. The number of nitrogens with zero attached hydrogens (tertiary/aromatic N) is 2. The Labute approximate surface area is 125 Å². The minimum atomic E-state index is -0.351. The molecule has 0 unspecified atom stereocenters. The quantitative estimate of drug-likeness (QED) is 0.802. The highest BCUT2D eigenvalue weighted by molar-refractivity contribution is 6.21. The molecule has 22 heavy (non-hydrogen) atoms. The number of aryl methyl sites for hydroxylation is 1. The predicted molar refractivity (Wildman–Crippen MR) is 79.5 cm³/mol. The maximum absolute atomic E-state index is 12.2. The van der Waals surface area contributed by atoms with Crippen molar-refractivity contribution < 1.29 is 9.59 Å². The van der Waals surface area contributed by atoms with Crippen LogP contribution < -0.4 is 11.3 Å². The lowest BCUT2D eigenvalue weighted by Gasteiger charge is -2.14. The fraction of sp³-hybridized carbons (Fsp3) is 0.200. The first-order valence-electron chi connectivity index (χ1n) is 6.79. The Kier molecular flexibility index (Phi) is 3.25. The highest BCUT2D eigenvalue weighted by Crippen LogP contribution is 2.22. The zero-order chi connectivity index (χ0) is 15.9. The number of rotatable bonds is 3. The largest absolute Gasteiger partial charge is 0.383 e. The van der Waals surface area contributed by atoms with Crippen molar-refractivity contribution in [1.29, 1.82) is 0 Å². The molecule has 0 saturated heterocycles. The Balaban J connectivity index is 1.83. The van der Waals surface area contributed by atoms with Crippen molar-refractivity contribution in [3.63, 3.8) is 0 Å². The molecule has 1 aliphatic rings. The van der Waals surface area contributed by atoms with E-state index in [1.807, 2.05) is 0 Å². The molecule has 1 aliphatic heterocycles. The summed E-state index contributed by atoms with van der Waals surface area (Å²) in [5, 5.41) is 0. The maximum Gasteiger partial charge on any atom is 0.261 e. The number of carbonyl (C=O) groups excluding carboxylic acids is 2. The van der Waals surface area contributed by atoms with Crippen LogP contribution in [-0.4, -0.2) is 33.2 Å². The van der Waals surface area contributed by atoms with Crippen LogP contribution >= 0.6 is 0 Å². The number of hydrogen-bond acceptors (Lipinski definition) is 5. The number of nitrogen functional groups attached to an aromatic ring is 1. The van der Waals surface area contributed by atoms with Gasteiger partial charge in [0.1, 0.15) is 11.6 Å². The molecule has 1 aromatic heterocycles. The van der Waals surface area contributed by atoms with Gasteiger partial charge in [-0.05, 0) is 25.5 Å². The van der Waals surface area contributed by atoms with E-state index in [9.17, 15) is 14.4 Å². The second kappa shape index (κ2) is 5.10. The lowest BCUT2D eigenvalue weighted by atomic mass is 10.1. The van der Waals surface area contributed by atoms with E-state index in [0.29, 0.717) is 17.0 Å². The average molecular weight is 298 g/mol. The summed E-state index contributed by atoms with van der Waals surface area (Å²) in [4.78, 5) is 44.0. The number of benzene rings is 1. The predicted octanol–water partition coefficient (Wildman–Crippen LogP) is 0.499. The molecular formula is C15H14N4O3. The molecule has 7 nitrogen and oxygen atoms in total. The first-order chi connectivity index (χ1) is 10.5. The molecule has 0 saturated carbocycles. The van der Waals surface area contributed by atoms with Crippen molar-refractivity contribution >= 4 is 17.6 Å². The Morgan fingerprint density at radius 2 is 1.73 bits per heavy atom. The number of aromatic amines is 1. The fourth-order valence-corrected chi connectivity index (χ4v) is 2.54. The summed E-state index contributed by atoms with van der Waals surface area (Å²) in [5.74, 6) is -0.156. The third-order valence-corrected chi connectivity index (χ3v) is 3.63. The molecule has 2 aromatic rings. The number of imide groups is 1. The highest BCUT2D eigenvalue weighted by Gasteiger charge is 2.34. The summed E-state index contributed by atoms with van der Waals surface area (Å²) < 4.78 is 0. The van der Waals surface area contributed by atoms with Gasteiger partial charge in [-0.2, -0.15) is 0 Å². The number of anilines is 1. The van der Waals surface area contributed by atoms with Gasteiger partial charge in [-0.1, -0.05) is 12.1 Å². The van der Waals surface area contributed by atoms with E-state index in [-0.39, 0.29) is 41.7 Å². The molecule has 2 amide bonds. The Hall–Kier alpha value is -2.96. The zero-order valence-electron chi connectivity index (χ0n) is 11.9. The molecule has 0 atom stereocenters. The number of nitrogens with one attached hydrogen (secondary N) is 1. The van der Waals surface area contributed by atoms with Gasteiger partial charge < -0.3 is 10.7 Å². The van der Waals surface area contributed by atoms with Crippen LogP contribution in [0.4, 0.5) is 5.82 Å². The van der Waals surface area contributed by atoms with Crippen LogP contribution in [0.2, 0.25) is 0 Å². The van der Waals surface area contributed by atoms with Crippen molar-refractivity contribution in [2.75, 3.05) is 12.3 Å². The van der Waals surface area contributed by atoms with Crippen LogP contribution in [0.3, 0.4) is 0 Å². The fourth-order valence-electron chi connectivity index (χ4n) is 2.54. The first-order valence-corrected chi connectivity index (χ1v) is 6.79. The van der Waals surface area contributed by atoms with E-state index in [2.05, 4.69) is 9.97 Å². The Morgan fingerprint density at radius 3 is 2.27 bits per heavy atom. The van der Waals surface area contributed by atoms with Crippen molar-refractivity contribution in [2.45, 2.75) is 13.3 Å². The van der Waals surface area contributed by atoms with Gasteiger partial charge in [-0.15, -0.1) is 0 Å². The van der Waals surface area contributed by atoms with E-state index in [1.165, 1.54) is 0 Å². The van der Waals surface area contributed by atoms with E-state index in [4.69, 9.17) is 5.73 Å². The summed E-state index contributed by atoms with van der Waals surface area (Å²) in [5.41, 5.74) is 6.45. The van der Waals surface area contributed by atoms with Crippen molar-refractivity contribution in [3.8, 4) is 0 Å². The standard InChI is InChI=1S/C15H14N4O3/c1-8-17-12(16)11(13(20)18-8)6-7-19-14(21)9-4-2-3-5-10(9)15(19)22/h2-5H,6-7H2,1H3,(H3,16,17,18,20). The second-order valence-electron chi connectivity index (χ2n) is 5.07. The van der Waals surface area contributed by atoms with E-state index in [0.717, 1.165) is 4.90 Å². The number of carbonyl (C=O) groups is 2. The molecule has 0 bridgehead atoms. The van der Waals surface area contributed by atoms with Crippen molar-refractivity contribution in [2.24, 2.45) is 0 Å². The molecule has 0 aliphatic carbocycles. The highest BCUT2D eigenvalue weighted by atomic mass is 16.2. The van der Waals surface area contributed by atoms with Gasteiger partial charge in [0.2, 0.25) is 0 Å². The van der Waals surface area contributed by atoms with Gasteiger partial charge in [-0.25, -0.2) is 4.98 Å². The van der Waals surface area contributed by atoms with Gasteiger partial charge in [-0.3, -0.25) is 19.3 Å². The number of hydrogen-bond donors (Lipinski definition) is 2. The van der Waals surface area contributed by atoms with E-state index < -0.39 is 0 Å². The SMILES string of the molecule is Cc1nc(N)c(CCN2C(=O)c3ccccc3C2=O)c(=O)[nH]1. The average Bonchev–Trinajstić information content (AvgIpc) is 2.71. The molecule has 2 heterocycles. The Bertz CT molecular complexity index is 806. The molecule has 112 valence electrons. The number of nitrogens with two attached hydrogens (primary N) is 1. The van der Waals surface area contributed by atoms with Crippen LogP contribution in [0.5, 0.6) is 0 Å². The van der Waals surface area contributed by atoms with E-state index in [1.54, 1.807) is 31.2 Å². The molecule has 3 rings (SSSR count). The monoisotopic (exact) mass is 298 g/mol. The molecule has 3 N–H and O–H groups in total. The van der Waals surface area contributed by atoms with Crippen LogP contribution in [-0.2, 0) is 6.42 Å². The Morgan fingerprint density at radius 1 is 1.14 bits per heavy atom. The van der Waals surface area contributed by atoms with Gasteiger partial charge in [0.05, 0.1) is 16.7 Å². The molecular weight excluding hydrogens is 284 g/mol. The summed E-state index contributed by atoms with van der Waals surface area (Å²) in [6, 6.07) is 6.65. The van der Waals surface area contributed by atoms with Gasteiger partial charge in [0.15, 0.2) is 0 Å². The minimum Gasteiger partial charge on any atom is -0.383 e. The summed E-state index contributed by atoms with van der Waals surface area (Å²) >= 11 is 0. The molecule has 0 spiro atoms. The maximum atomic E-state index is 12.2. The number of H-pyrrole nitrogens is 1. The van der Waals surface area contributed by atoms with Crippen LogP contribution in [0.15, 0.2) is 29.1 Å². The van der Waals surface area contributed by atoms with Crippen LogP contribution in [0.25, 0.3) is 0 Å². The van der Waals surface area contributed by atoms with Crippen LogP contribution in [0, 0.1) is 6.92 Å². The molecule has 1 aromatic carbocycles. The molecule has 0 radical (unpaired) electrons. The number of aromatic nitrogens is 2.